The molecule has 0 aromatic heterocycles. The van der Waals surface area contributed by atoms with E-state index in [4.69, 9.17) is 0 Å². The Morgan fingerprint density at radius 2 is 1.09 bits per heavy atom. The molecule has 0 aliphatic rings. The van der Waals surface area contributed by atoms with Crippen molar-refractivity contribution in [1.29, 1.82) is 0 Å². The van der Waals surface area contributed by atoms with Crippen LogP contribution in [-0.4, -0.2) is 47.3 Å². The zero-order valence-electron chi connectivity index (χ0n) is 15.7. The molecule has 4 heteroatoms. The average molecular weight is 333 g/mol. The van der Waals surface area contributed by atoms with Crippen LogP contribution in [0.25, 0.3) is 0 Å². The van der Waals surface area contributed by atoms with Gasteiger partial charge in [-0.2, -0.15) is 0 Å². The molecule has 2 amide bonds. The first-order valence-corrected chi connectivity index (χ1v) is 8.04. The Hall–Kier alpha value is -1.06. The maximum Gasteiger partial charge on any atom is 0.225 e. The molecule has 0 aliphatic carbocycles. The second-order valence-electron chi connectivity index (χ2n) is 6.57. The minimum atomic E-state index is 0. The molecule has 0 fully saturated rings. The number of amides is 2. The number of carbonyl (C=O) groups excluding carboxylic acids is 2. The largest absolute Gasteiger partial charge is 0.343 e. The van der Waals surface area contributed by atoms with Gasteiger partial charge in [-0.3, -0.25) is 9.59 Å². The lowest BCUT2D eigenvalue weighted by Gasteiger charge is -2.26. The van der Waals surface area contributed by atoms with E-state index in [1.54, 1.807) is 4.90 Å². The Labute approximate surface area is 146 Å². The zero-order valence-corrected chi connectivity index (χ0v) is 15.7. The number of nitrogens with zero attached hydrogens (tertiary/aromatic N) is 2. The van der Waals surface area contributed by atoms with Crippen molar-refractivity contribution in [3.05, 3.63) is 0 Å². The summed E-state index contributed by atoms with van der Waals surface area (Å²) in [6, 6.07) is 0.643. The normalized spacial score (nSPS) is 9.83. The molecule has 0 spiro atoms. The Balaban J connectivity index is -0.000000145. The van der Waals surface area contributed by atoms with Crippen LogP contribution in [0.15, 0.2) is 0 Å². The molecule has 0 aromatic carbocycles. The summed E-state index contributed by atoms with van der Waals surface area (Å²) in [4.78, 5) is 26.3. The highest BCUT2D eigenvalue weighted by molar-refractivity contribution is 5.78. The second-order valence-corrected chi connectivity index (χ2v) is 6.57. The van der Waals surface area contributed by atoms with E-state index in [2.05, 4.69) is 0 Å². The van der Waals surface area contributed by atoms with Gasteiger partial charge in [0, 0.05) is 37.5 Å². The van der Waals surface area contributed by atoms with Gasteiger partial charge in [0.15, 0.2) is 0 Å². The van der Waals surface area contributed by atoms with E-state index < -0.39 is 0 Å². The van der Waals surface area contributed by atoms with Crippen LogP contribution < -0.4 is 0 Å². The van der Waals surface area contributed by atoms with Gasteiger partial charge >= 0.3 is 0 Å². The molecule has 0 radical (unpaired) electrons. The maximum absolute atomic E-state index is 11.4. The average Bonchev–Trinajstić information content (AvgIpc) is 2.37. The summed E-state index contributed by atoms with van der Waals surface area (Å²) in [5.74, 6) is 0.710. The third kappa shape index (κ3) is 12.1. The first-order valence-electron chi connectivity index (χ1n) is 8.04. The van der Waals surface area contributed by atoms with E-state index in [0.29, 0.717) is 12.1 Å². The minimum absolute atomic E-state index is 0. The van der Waals surface area contributed by atoms with Gasteiger partial charge in [-0.25, -0.2) is 0 Å². The summed E-state index contributed by atoms with van der Waals surface area (Å²) < 4.78 is 0. The van der Waals surface area contributed by atoms with E-state index in [9.17, 15) is 9.59 Å². The van der Waals surface area contributed by atoms with Crippen LogP contribution in [0.2, 0.25) is 0 Å². The third-order valence-electron chi connectivity index (χ3n) is 3.36. The van der Waals surface area contributed by atoms with Crippen molar-refractivity contribution in [2.24, 2.45) is 11.8 Å². The maximum atomic E-state index is 11.4. The van der Waals surface area contributed by atoms with Crippen LogP contribution in [0.1, 0.15) is 77.2 Å². The highest BCUT2D eigenvalue weighted by Crippen LogP contribution is 2.05. The van der Waals surface area contributed by atoms with Gasteiger partial charge in [-0.05, 0) is 34.6 Å². The van der Waals surface area contributed by atoms with E-state index in [0.717, 1.165) is 6.54 Å². The summed E-state index contributed by atoms with van der Waals surface area (Å²) in [5.41, 5.74) is 0. The lowest BCUT2D eigenvalue weighted by atomic mass is 10.1. The smallest absolute Gasteiger partial charge is 0.225 e. The quantitative estimate of drug-likeness (QED) is 0.733. The van der Waals surface area contributed by atoms with E-state index >= 15 is 0 Å². The van der Waals surface area contributed by atoms with Gasteiger partial charge in [-0.15, -0.1) is 0 Å². The first-order chi connectivity index (χ1) is 9.47. The number of hydrogen-bond acceptors (Lipinski definition) is 2. The molecular formula is C19H44N2O2. The molecule has 23 heavy (non-hydrogen) atoms. The van der Waals surface area contributed by atoms with Crippen molar-refractivity contribution in [3.8, 4) is 0 Å². The zero-order chi connectivity index (χ0) is 17.3. The van der Waals surface area contributed by atoms with Crippen LogP contribution in [0.5, 0.6) is 0 Å². The van der Waals surface area contributed by atoms with Crippen molar-refractivity contribution < 1.29 is 9.59 Å². The van der Waals surface area contributed by atoms with Crippen molar-refractivity contribution in [2.75, 3.05) is 13.6 Å². The Morgan fingerprint density at radius 3 is 1.17 bits per heavy atom. The number of hydrogen-bond donors (Lipinski definition) is 0. The summed E-state index contributed by atoms with van der Waals surface area (Å²) in [5, 5.41) is 0. The lowest BCUT2D eigenvalue weighted by Crippen LogP contribution is -2.39. The monoisotopic (exact) mass is 332 g/mol. The summed E-state index contributed by atoms with van der Waals surface area (Å²) >= 11 is 0. The molecule has 0 bridgehead atoms. The molecule has 0 aromatic rings. The number of rotatable bonds is 5. The molecule has 142 valence electrons. The summed E-state index contributed by atoms with van der Waals surface area (Å²) in [6.45, 7) is 18.7. The van der Waals surface area contributed by atoms with Crippen molar-refractivity contribution in [1.82, 2.24) is 9.80 Å². The second kappa shape index (κ2) is 14.5. The molecule has 0 heterocycles. The highest BCUT2D eigenvalue weighted by atomic mass is 16.2. The molecule has 4 nitrogen and oxygen atoms in total. The van der Waals surface area contributed by atoms with Gasteiger partial charge in [-0.1, -0.05) is 42.5 Å². The van der Waals surface area contributed by atoms with E-state index in [1.807, 2.05) is 74.3 Å². The van der Waals surface area contributed by atoms with Crippen LogP contribution in [0, 0.1) is 11.8 Å². The highest BCUT2D eigenvalue weighted by Gasteiger charge is 2.17. The Bertz CT molecular complexity index is 310. The van der Waals surface area contributed by atoms with Crippen LogP contribution in [0.4, 0.5) is 0 Å². The third-order valence-corrected chi connectivity index (χ3v) is 3.36. The predicted octanol–water partition coefficient (Wildman–Crippen LogP) is 4.68. The molecule has 0 atom stereocenters. The summed E-state index contributed by atoms with van der Waals surface area (Å²) in [6.07, 6.45) is 0. The van der Waals surface area contributed by atoms with Crippen LogP contribution in [0.3, 0.4) is 0 Å². The van der Waals surface area contributed by atoms with Crippen molar-refractivity contribution >= 4 is 11.8 Å². The fraction of sp³-hybridized carbons (Fsp3) is 0.895. The molecule has 0 N–H and O–H groups in total. The van der Waals surface area contributed by atoms with E-state index in [-0.39, 0.29) is 38.5 Å². The summed E-state index contributed by atoms with van der Waals surface area (Å²) in [7, 11) is 1.84. The molecular weight excluding hydrogens is 288 g/mol. The Kier molecular flexibility index (Phi) is 18.9. The molecule has 0 aliphatic heterocycles. The molecule has 0 unspecified atom stereocenters. The van der Waals surface area contributed by atoms with E-state index in [1.165, 1.54) is 0 Å². The molecule has 0 saturated carbocycles. The predicted molar refractivity (Wildman–Crippen MR) is 104 cm³/mol. The SMILES string of the molecule is C.C.CC(C)C(=O)N(C)C(C)C.CCN(C(=O)C(C)C)C(C)C. The van der Waals surface area contributed by atoms with Crippen LogP contribution in [-0.2, 0) is 9.59 Å². The fourth-order valence-electron chi connectivity index (χ4n) is 1.77. The topological polar surface area (TPSA) is 40.6 Å². The first kappa shape index (κ1) is 29.9. The molecule has 0 saturated heterocycles. The molecule has 0 rings (SSSR count). The lowest BCUT2D eigenvalue weighted by molar-refractivity contribution is -0.136. The standard InChI is InChI=1S/C9H19NO.C8H17NO.2CH4/c1-6-10(8(4)5)9(11)7(2)3;1-6(2)8(10)9(5)7(3)4;;/h7-8H,6H2,1-5H3;6-7H,1-5H3;2*1H4. The number of carbonyl (C=O) groups is 2. The van der Waals surface area contributed by atoms with Gasteiger partial charge in [0.25, 0.3) is 0 Å². The van der Waals surface area contributed by atoms with Gasteiger partial charge in [0.1, 0.15) is 0 Å². The Morgan fingerprint density at radius 1 is 0.739 bits per heavy atom. The van der Waals surface area contributed by atoms with Gasteiger partial charge < -0.3 is 9.80 Å². The van der Waals surface area contributed by atoms with Crippen molar-refractivity contribution in [2.45, 2.75) is 89.3 Å². The van der Waals surface area contributed by atoms with Gasteiger partial charge in [0.2, 0.25) is 11.8 Å². The van der Waals surface area contributed by atoms with Crippen molar-refractivity contribution in [3.63, 3.8) is 0 Å². The van der Waals surface area contributed by atoms with Crippen LogP contribution >= 0.6 is 0 Å². The fourth-order valence-corrected chi connectivity index (χ4v) is 1.77. The minimum Gasteiger partial charge on any atom is -0.343 e. The van der Waals surface area contributed by atoms with Gasteiger partial charge in [0.05, 0.1) is 0 Å².